The van der Waals surface area contributed by atoms with Crippen LogP contribution >= 0.6 is 0 Å². The Morgan fingerprint density at radius 1 is 0.947 bits per heavy atom. The van der Waals surface area contributed by atoms with Crippen LogP contribution in [0.25, 0.3) is 10.9 Å². The molecule has 0 radical (unpaired) electrons. The van der Waals surface area contributed by atoms with Crippen LogP contribution in [0.1, 0.15) is 22.8 Å². The molecule has 1 aliphatic rings. The number of fused-ring (bicyclic) bond motifs is 1. The maximum atomic E-state index is 13.3. The fourth-order valence-corrected chi connectivity index (χ4v) is 5.63. The fourth-order valence-electron chi connectivity index (χ4n) is 4.58. The number of benzene rings is 3. The molecule has 1 aromatic heterocycles. The summed E-state index contributed by atoms with van der Waals surface area (Å²) in [5.41, 5.74) is 2.71. The summed E-state index contributed by atoms with van der Waals surface area (Å²) in [6.45, 7) is 4.57. The fraction of sp³-hybridized carbons (Fsp3) is 0.214. The van der Waals surface area contributed by atoms with Gasteiger partial charge in [0.05, 0.1) is 16.0 Å². The molecule has 2 N–H and O–H groups in total. The number of aromatic carboxylic acids is 1. The predicted octanol–water partition coefficient (Wildman–Crippen LogP) is 4.76. The van der Waals surface area contributed by atoms with Crippen molar-refractivity contribution in [3.63, 3.8) is 0 Å². The van der Waals surface area contributed by atoms with Gasteiger partial charge in [-0.15, -0.1) is 0 Å². The first-order chi connectivity index (χ1) is 18.2. The molecule has 38 heavy (non-hydrogen) atoms. The number of hydrogen-bond acceptors (Lipinski definition) is 6. The number of rotatable bonds is 7. The number of carboxylic acid groups (broad SMARTS) is 1. The first-order valence-corrected chi connectivity index (χ1v) is 13.8. The first-order valence-electron chi connectivity index (χ1n) is 12.3. The summed E-state index contributed by atoms with van der Waals surface area (Å²) in [6.07, 6.45) is 0.801. The topological polar surface area (TPSA) is 103 Å². The summed E-state index contributed by atoms with van der Waals surface area (Å²) in [4.78, 5) is 21.1. The first kappa shape index (κ1) is 25.5. The number of nitrogens with zero attached hydrogens (tertiary/aromatic N) is 3. The summed E-state index contributed by atoms with van der Waals surface area (Å²) in [6, 6.07) is 19.2. The molecular formula is C28H27FN4O4S. The maximum Gasteiger partial charge on any atom is 0.336 e. The van der Waals surface area contributed by atoms with Crippen LogP contribution in [-0.2, 0) is 16.4 Å². The van der Waals surface area contributed by atoms with E-state index in [1.54, 1.807) is 48.5 Å². The number of carbonyl (C=O) groups is 1. The van der Waals surface area contributed by atoms with E-state index in [2.05, 4.69) is 14.6 Å². The molecule has 1 fully saturated rings. The highest BCUT2D eigenvalue weighted by atomic mass is 32.2. The molecule has 0 unspecified atom stereocenters. The summed E-state index contributed by atoms with van der Waals surface area (Å²) in [7, 11) is -3.85. The molecule has 8 nitrogen and oxygen atoms in total. The molecule has 0 bridgehead atoms. The second-order valence-electron chi connectivity index (χ2n) is 9.12. The van der Waals surface area contributed by atoms with E-state index >= 15 is 0 Å². The number of piperazine rings is 1. The molecule has 3 aromatic carbocycles. The van der Waals surface area contributed by atoms with Crippen LogP contribution in [-0.4, -0.2) is 50.7 Å². The van der Waals surface area contributed by atoms with Crippen molar-refractivity contribution in [1.82, 2.24) is 4.98 Å². The smallest absolute Gasteiger partial charge is 0.336 e. The van der Waals surface area contributed by atoms with Crippen LogP contribution in [0.3, 0.4) is 0 Å². The van der Waals surface area contributed by atoms with E-state index in [9.17, 15) is 22.7 Å². The Balaban J connectivity index is 1.38. The van der Waals surface area contributed by atoms with E-state index in [1.807, 2.05) is 11.8 Å². The summed E-state index contributed by atoms with van der Waals surface area (Å²) >= 11 is 0. The van der Waals surface area contributed by atoms with Gasteiger partial charge in [0, 0.05) is 42.9 Å². The molecule has 1 saturated heterocycles. The Kier molecular flexibility index (Phi) is 6.90. The molecule has 0 aliphatic carbocycles. The Morgan fingerprint density at radius 3 is 2.24 bits per heavy atom. The van der Waals surface area contributed by atoms with Gasteiger partial charge in [0.15, 0.2) is 0 Å². The van der Waals surface area contributed by atoms with Gasteiger partial charge in [-0.25, -0.2) is 22.6 Å². The Hall–Kier alpha value is -4.18. The van der Waals surface area contributed by atoms with Crippen LogP contribution in [0.5, 0.6) is 0 Å². The van der Waals surface area contributed by atoms with Crippen molar-refractivity contribution in [3.05, 3.63) is 89.7 Å². The van der Waals surface area contributed by atoms with Crippen molar-refractivity contribution in [2.24, 2.45) is 0 Å². The minimum Gasteiger partial charge on any atom is -0.478 e. The highest BCUT2D eigenvalue weighted by Crippen LogP contribution is 2.28. The third kappa shape index (κ3) is 5.26. The molecular weight excluding hydrogens is 507 g/mol. The molecule has 0 spiro atoms. The van der Waals surface area contributed by atoms with Crippen molar-refractivity contribution < 1.29 is 22.7 Å². The zero-order chi connectivity index (χ0) is 26.9. The summed E-state index contributed by atoms with van der Waals surface area (Å²) in [5.74, 6) is -0.868. The standard InChI is InChI=1S/C28H27FN4O4S/c1-2-19-3-10-23(11-4-19)38(36,37)31-21-7-12-26-24(17-21)25(28(34)35)18-27(30-26)33-15-13-32(14-16-33)22-8-5-20(29)6-9-22/h3-12,17-18,31H,2,13-16H2,1H3,(H,34,35). The van der Waals surface area contributed by atoms with Gasteiger partial charge in [0.1, 0.15) is 11.6 Å². The molecule has 0 atom stereocenters. The van der Waals surface area contributed by atoms with Crippen molar-refractivity contribution in [2.45, 2.75) is 18.2 Å². The molecule has 0 amide bonds. The lowest BCUT2D eigenvalue weighted by Crippen LogP contribution is -2.46. The summed E-state index contributed by atoms with van der Waals surface area (Å²) < 4.78 is 41.6. The van der Waals surface area contributed by atoms with Crippen LogP contribution in [0.2, 0.25) is 0 Å². The van der Waals surface area contributed by atoms with Crippen molar-refractivity contribution >= 4 is 44.1 Å². The molecule has 4 aromatic rings. The number of carboxylic acids is 1. The van der Waals surface area contributed by atoms with Crippen molar-refractivity contribution in [1.29, 1.82) is 0 Å². The average Bonchev–Trinajstić information content (AvgIpc) is 2.93. The Labute approximate surface area is 220 Å². The highest BCUT2D eigenvalue weighted by molar-refractivity contribution is 7.92. The quantitative estimate of drug-likeness (QED) is 0.352. The largest absolute Gasteiger partial charge is 0.478 e. The number of halogens is 1. The van der Waals surface area contributed by atoms with Crippen LogP contribution in [0.15, 0.2) is 77.7 Å². The van der Waals surface area contributed by atoms with E-state index in [4.69, 9.17) is 0 Å². The lowest BCUT2D eigenvalue weighted by molar-refractivity contribution is 0.0699. The molecule has 2 heterocycles. The lowest BCUT2D eigenvalue weighted by atomic mass is 10.1. The molecule has 5 rings (SSSR count). The van der Waals surface area contributed by atoms with Crippen LogP contribution < -0.4 is 14.5 Å². The zero-order valence-corrected chi connectivity index (χ0v) is 21.6. The number of anilines is 3. The van der Waals surface area contributed by atoms with E-state index in [-0.39, 0.29) is 22.0 Å². The molecule has 196 valence electrons. The third-order valence-corrected chi connectivity index (χ3v) is 8.11. The minimum absolute atomic E-state index is 0.0410. The van der Waals surface area contributed by atoms with Gasteiger partial charge in [-0.2, -0.15) is 0 Å². The van der Waals surface area contributed by atoms with Gasteiger partial charge in [-0.1, -0.05) is 19.1 Å². The highest BCUT2D eigenvalue weighted by Gasteiger charge is 2.22. The normalized spacial score (nSPS) is 14.1. The lowest BCUT2D eigenvalue weighted by Gasteiger charge is -2.37. The second-order valence-corrected chi connectivity index (χ2v) is 10.8. The van der Waals surface area contributed by atoms with E-state index in [1.165, 1.54) is 24.3 Å². The number of sulfonamides is 1. The third-order valence-electron chi connectivity index (χ3n) is 6.72. The molecule has 1 aliphatic heterocycles. The monoisotopic (exact) mass is 534 g/mol. The Bertz CT molecular complexity index is 1580. The zero-order valence-electron chi connectivity index (χ0n) is 20.8. The molecule has 10 heteroatoms. The summed E-state index contributed by atoms with van der Waals surface area (Å²) in [5, 5.41) is 10.3. The van der Waals surface area contributed by atoms with Crippen LogP contribution in [0, 0.1) is 5.82 Å². The van der Waals surface area contributed by atoms with Crippen molar-refractivity contribution in [3.8, 4) is 0 Å². The SMILES string of the molecule is CCc1ccc(S(=O)(=O)Nc2ccc3nc(N4CCN(c5ccc(F)cc5)CC4)cc(C(=O)O)c3c2)cc1. The van der Waals surface area contributed by atoms with Gasteiger partial charge in [0.2, 0.25) is 0 Å². The second kappa shape index (κ2) is 10.3. The van der Waals surface area contributed by atoms with Crippen LogP contribution in [0.4, 0.5) is 21.6 Å². The van der Waals surface area contributed by atoms with Gasteiger partial charge in [-0.05, 0) is 72.6 Å². The van der Waals surface area contributed by atoms with Gasteiger partial charge in [-0.3, -0.25) is 4.72 Å². The van der Waals surface area contributed by atoms with Crippen molar-refractivity contribution in [2.75, 3.05) is 40.7 Å². The average molecular weight is 535 g/mol. The number of aromatic nitrogens is 1. The number of aryl methyl sites for hydroxylation is 1. The number of pyridine rings is 1. The van der Waals surface area contributed by atoms with E-state index in [0.717, 1.165) is 17.7 Å². The molecule has 0 saturated carbocycles. The van der Waals surface area contributed by atoms with Gasteiger partial charge >= 0.3 is 5.97 Å². The Morgan fingerprint density at radius 2 is 1.61 bits per heavy atom. The maximum absolute atomic E-state index is 13.3. The van der Waals surface area contributed by atoms with E-state index < -0.39 is 16.0 Å². The van der Waals surface area contributed by atoms with E-state index in [0.29, 0.717) is 42.9 Å². The van der Waals surface area contributed by atoms with Gasteiger partial charge < -0.3 is 14.9 Å². The predicted molar refractivity (Wildman–Crippen MR) is 146 cm³/mol. The minimum atomic E-state index is -3.85. The number of hydrogen-bond donors (Lipinski definition) is 2. The number of nitrogens with one attached hydrogen (secondary N) is 1. The van der Waals surface area contributed by atoms with Gasteiger partial charge in [0.25, 0.3) is 10.0 Å².